The Bertz CT molecular complexity index is 248. The van der Waals surface area contributed by atoms with Crippen molar-refractivity contribution >= 4 is 0 Å². The minimum atomic E-state index is -0.232. The van der Waals surface area contributed by atoms with Crippen LogP contribution >= 0.6 is 0 Å². The van der Waals surface area contributed by atoms with Crippen LogP contribution in [0.1, 0.15) is 24.4 Å². The van der Waals surface area contributed by atoms with Crippen molar-refractivity contribution in [2.75, 3.05) is 6.54 Å². The summed E-state index contributed by atoms with van der Waals surface area (Å²) >= 11 is 0. The van der Waals surface area contributed by atoms with E-state index in [1.807, 2.05) is 30.3 Å². The van der Waals surface area contributed by atoms with E-state index in [0.29, 0.717) is 6.54 Å². The Balaban J connectivity index is 2.61. The van der Waals surface area contributed by atoms with Crippen LogP contribution in [-0.4, -0.2) is 6.54 Å². The fourth-order valence-electron chi connectivity index (χ4n) is 1.27. The quantitative estimate of drug-likeness (QED) is 0.703. The second-order valence-electron chi connectivity index (χ2n) is 2.96. The summed E-state index contributed by atoms with van der Waals surface area (Å²) in [6.45, 7) is 0.610. The zero-order chi connectivity index (χ0) is 9.52. The Hall–Kier alpha value is -1.22. The molecule has 3 heteroatoms. The fourth-order valence-corrected chi connectivity index (χ4v) is 1.27. The summed E-state index contributed by atoms with van der Waals surface area (Å²) in [5.74, 6) is 0. The predicted octanol–water partition coefficient (Wildman–Crippen LogP) is 2.23. The molecule has 0 aliphatic carbocycles. The van der Waals surface area contributed by atoms with Gasteiger partial charge >= 0.3 is 0 Å². The van der Waals surface area contributed by atoms with E-state index in [2.05, 4.69) is 5.18 Å². The van der Waals surface area contributed by atoms with E-state index in [-0.39, 0.29) is 6.04 Å². The third kappa shape index (κ3) is 2.95. The van der Waals surface area contributed by atoms with Gasteiger partial charge in [0.25, 0.3) is 0 Å². The SMILES string of the molecule is NCCCC(N=O)c1ccccc1. The van der Waals surface area contributed by atoms with Gasteiger partial charge in [0.15, 0.2) is 0 Å². The third-order valence-corrected chi connectivity index (χ3v) is 1.99. The molecule has 1 aromatic carbocycles. The molecule has 13 heavy (non-hydrogen) atoms. The van der Waals surface area contributed by atoms with Gasteiger partial charge in [-0.15, -0.1) is 0 Å². The van der Waals surface area contributed by atoms with E-state index in [1.165, 1.54) is 0 Å². The highest BCUT2D eigenvalue weighted by Gasteiger charge is 2.09. The molecule has 0 heterocycles. The van der Waals surface area contributed by atoms with E-state index in [4.69, 9.17) is 5.73 Å². The number of benzene rings is 1. The van der Waals surface area contributed by atoms with Crippen LogP contribution in [0.2, 0.25) is 0 Å². The predicted molar refractivity (Wildman–Crippen MR) is 53.3 cm³/mol. The first kappa shape index (κ1) is 9.86. The zero-order valence-electron chi connectivity index (χ0n) is 7.52. The molecule has 2 N–H and O–H groups in total. The summed E-state index contributed by atoms with van der Waals surface area (Å²) in [4.78, 5) is 10.5. The van der Waals surface area contributed by atoms with Gasteiger partial charge in [0.2, 0.25) is 0 Å². The highest BCUT2D eigenvalue weighted by atomic mass is 16.3. The summed E-state index contributed by atoms with van der Waals surface area (Å²) in [7, 11) is 0. The monoisotopic (exact) mass is 178 g/mol. The topological polar surface area (TPSA) is 55.4 Å². The molecular weight excluding hydrogens is 164 g/mol. The van der Waals surface area contributed by atoms with Crippen molar-refractivity contribution in [2.24, 2.45) is 10.9 Å². The van der Waals surface area contributed by atoms with Crippen molar-refractivity contribution in [3.63, 3.8) is 0 Å². The number of hydrogen-bond acceptors (Lipinski definition) is 3. The van der Waals surface area contributed by atoms with Gasteiger partial charge in [-0.3, -0.25) is 0 Å². The molecule has 1 unspecified atom stereocenters. The summed E-state index contributed by atoms with van der Waals surface area (Å²) < 4.78 is 0. The average molecular weight is 178 g/mol. The van der Waals surface area contributed by atoms with E-state index < -0.39 is 0 Å². The number of nitrogens with zero attached hydrogens (tertiary/aromatic N) is 1. The molecular formula is C10H14N2O. The highest BCUT2D eigenvalue weighted by Crippen LogP contribution is 2.21. The molecule has 0 saturated carbocycles. The zero-order valence-corrected chi connectivity index (χ0v) is 7.52. The number of hydrogen-bond donors (Lipinski definition) is 1. The molecule has 0 spiro atoms. The van der Waals surface area contributed by atoms with E-state index in [9.17, 15) is 4.91 Å². The van der Waals surface area contributed by atoms with Crippen molar-refractivity contribution in [3.05, 3.63) is 40.8 Å². The molecule has 1 aromatic rings. The molecule has 0 fully saturated rings. The normalized spacial score (nSPS) is 12.4. The van der Waals surface area contributed by atoms with Gasteiger partial charge in [-0.25, -0.2) is 0 Å². The Morgan fingerprint density at radius 1 is 1.31 bits per heavy atom. The number of rotatable bonds is 5. The van der Waals surface area contributed by atoms with E-state index in [1.54, 1.807) is 0 Å². The first-order chi connectivity index (χ1) is 6.38. The Labute approximate surface area is 77.9 Å². The number of nitroso groups, excluding NO2 is 1. The lowest BCUT2D eigenvalue weighted by atomic mass is 10.0. The van der Waals surface area contributed by atoms with Crippen LogP contribution in [0.15, 0.2) is 35.5 Å². The van der Waals surface area contributed by atoms with Crippen molar-refractivity contribution in [1.29, 1.82) is 0 Å². The Morgan fingerprint density at radius 3 is 2.54 bits per heavy atom. The van der Waals surface area contributed by atoms with Crippen LogP contribution < -0.4 is 5.73 Å². The lowest BCUT2D eigenvalue weighted by Gasteiger charge is -2.07. The van der Waals surface area contributed by atoms with Crippen molar-refractivity contribution in [2.45, 2.75) is 18.9 Å². The second-order valence-corrected chi connectivity index (χ2v) is 2.96. The van der Waals surface area contributed by atoms with Gasteiger partial charge in [0.1, 0.15) is 6.04 Å². The number of nitrogens with two attached hydrogens (primary N) is 1. The van der Waals surface area contributed by atoms with E-state index in [0.717, 1.165) is 18.4 Å². The minimum absolute atomic E-state index is 0.232. The lowest BCUT2D eigenvalue weighted by Crippen LogP contribution is -2.02. The van der Waals surface area contributed by atoms with Gasteiger partial charge in [-0.2, -0.15) is 4.91 Å². The van der Waals surface area contributed by atoms with Gasteiger partial charge in [0, 0.05) is 0 Å². The molecule has 0 radical (unpaired) electrons. The van der Waals surface area contributed by atoms with Gasteiger partial charge in [-0.1, -0.05) is 35.5 Å². The van der Waals surface area contributed by atoms with Gasteiger partial charge < -0.3 is 5.73 Å². The first-order valence-corrected chi connectivity index (χ1v) is 4.46. The second kappa shape index (κ2) is 5.43. The van der Waals surface area contributed by atoms with Crippen LogP contribution in [0.4, 0.5) is 0 Å². The summed E-state index contributed by atoms with van der Waals surface area (Å²) in [5, 5.41) is 3.09. The van der Waals surface area contributed by atoms with Crippen molar-refractivity contribution in [1.82, 2.24) is 0 Å². The minimum Gasteiger partial charge on any atom is -0.330 e. The van der Waals surface area contributed by atoms with Crippen LogP contribution in [0, 0.1) is 4.91 Å². The summed E-state index contributed by atoms with van der Waals surface area (Å²) in [5.41, 5.74) is 6.34. The molecule has 1 atom stereocenters. The molecule has 0 amide bonds. The summed E-state index contributed by atoms with van der Waals surface area (Å²) in [6, 6.07) is 9.36. The average Bonchev–Trinajstić information content (AvgIpc) is 2.21. The van der Waals surface area contributed by atoms with Gasteiger partial charge in [-0.05, 0) is 24.9 Å². The van der Waals surface area contributed by atoms with Crippen LogP contribution in [0.25, 0.3) is 0 Å². The maximum atomic E-state index is 10.5. The third-order valence-electron chi connectivity index (χ3n) is 1.99. The molecule has 3 nitrogen and oxygen atoms in total. The van der Waals surface area contributed by atoms with Crippen LogP contribution in [0.5, 0.6) is 0 Å². The highest BCUT2D eigenvalue weighted by molar-refractivity contribution is 5.18. The van der Waals surface area contributed by atoms with Gasteiger partial charge in [0.05, 0.1) is 0 Å². The lowest BCUT2D eigenvalue weighted by molar-refractivity contribution is 0.616. The summed E-state index contributed by atoms with van der Waals surface area (Å²) in [6.07, 6.45) is 1.58. The first-order valence-electron chi connectivity index (χ1n) is 4.46. The Morgan fingerprint density at radius 2 is 2.00 bits per heavy atom. The van der Waals surface area contributed by atoms with Crippen LogP contribution in [-0.2, 0) is 0 Å². The largest absolute Gasteiger partial charge is 0.330 e. The molecule has 0 aromatic heterocycles. The van der Waals surface area contributed by atoms with Crippen LogP contribution in [0.3, 0.4) is 0 Å². The van der Waals surface area contributed by atoms with Crippen molar-refractivity contribution < 1.29 is 0 Å². The molecule has 0 saturated heterocycles. The Kier molecular flexibility index (Phi) is 4.12. The smallest absolute Gasteiger partial charge is 0.117 e. The molecule has 0 bridgehead atoms. The van der Waals surface area contributed by atoms with Crippen molar-refractivity contribution in [3.8, 4) is 0 Å². The fraction of sp³-hybridized carbons (Fsp3) is 0.400. The maximum Gasteiger partial charge on any atom is 0.117 e. The van der Waals surface area contributed by atoms with E-state index >= 15 is 0 Å². The maximum absolute atomic E-state index is 10.5. The molecule has 1 rings (SSSR count). The molecule has 0 aliphatic heterocycles. The molecule has 0 aliphatic rings. The molecule has 70 valence electrons. The standard InChI is InChI=1S/C10H14N2O/c11-8-4-7-10(12-13)9-5-2-1-3-6-9/h1-3,5-6,10H,4,7-8,11H2.